The number of carbonyl (C=O) groups excluding carboxylic acids is 2. The van der Waals surface area contributed by atoms with Crippen molar-refractivity contribution in [1.29, 1.82) is 0 Å². The third-order valence-electron chi connectivity index (χ3n) is 3.82. The van der Waals surface area contributed by atoms with Crippen LogP contribution in [0.4, 0.5) is 5.69 Å². The first-order chi connectivity index (χ1) is 13.3. The van der Waals surface area contributed by atoms with E-state index < -0.39 is 24.4 Å². The number of non-ortho nitro benzene ring substituents is 1. The summed E-state index contributed by atoms with van der Waals surface area (Å²) in [5, 5.41) is 25.6. The summed E-state index contributed by atoms with van der Waals surface area (Å²) in [5.41, 5.74) is 13.0. The highest BCUT2D eigenvalue weighted by Crippen LogP contribution is 2.32. The van der Waals surface area contributed by atoms with Gasteiger partial charge in [0.2, 0.25) is 11.8 Å². The summed E-state index contributed by atoms with van der Waals surface area (Å²) in [5.74, 6) is -1.59. The van der Waals surface area contributed by atoms with Crippen LogP contribution in [0.1, 0.15) is 20.7 Å². The molecule has 10 heteroatoms. The minimum Gasteiger partial charge on any atom is -0.430 e. The zero-order valence-corrected chi connectivity index (χ0v) is 14.5. The van der Waals surface area contributed by atoms with E-state index in [0.29, 0.717) is 5.39 Å². The SMILES string of the molecule is NC(=O)c1cccc2cc([N+](=O)[O-])cc(C(N)=O)c12.OBO.c1cc2cc-2c1. The molecule has 0 aromatic heterocycles. The first-order valence-electron chi connectivity index (χ1n) is 7.93. The van der Waals surface area contributed by atoms with Gasteiger partial charge < -0.3 is 21.5 Å². The highest BCUT2D eigenvalue weighted by Gasteiger charge is 2.18. The molecule has 0 atom stereocenters. The number of rotatable bonds is 3. The molecule has 2 aliphatic carbocycles. The van der Waals surface area contributed by atoms with Gasteiger partial charge in [-0.05, 0) is 28.6 Å². The zero-order chi connectivity index (χ0) is 20.8. The van der Waals surface area contributed by atoms with E-state index in [1.807, 2.05) is 0 Å². The summed E-state index contributed by atoms with van der Waals surface area (Å²) in [4.78, 5) is 32.9. The lowest BCUT2D eigenvalue weighted by Gasteiger charge is -2.07. The Morgan fingerprint density at radius 1 is 0.893 bits per heavy atom. The summed E-state index contributed by atoms with van der Waals surface area (Å²) in [6.45, 7) is 0. The van der Waals surface area contributed by atoms with Crippen LogP contribution >= 0.6 is 0 Å². The molecule has 9 nitrogen and oxygen atoms in total. The maximum absolute atomic E-state index is 11.4. The van der Waals surface area contributed by atoms with Crippen molar-refractivity contribution >= 4 is 36.0 Å². The molecule has 142 valence electrons. The number of nitrogens with zero attached hydrogens (tertiary/aromatic N) is 1. The Balaban J connectivity index is 0.000000253. The molecule has 0 bridgehead atoms. The van der Waals surface area contributed by atoms with E-state index in [0.717, 1.165) is 6.07 Å². The molecular formula is C18H16BN3O6. The van der Waals surface area contributed by atoms with E-state index >= 15 is 0 Å². The molecule has 0 fully saturated rings. The fraction of sp³-hybridized carbons (Fsp3) is 0. The maximum atomic E-state index is 11.4. The van der Waals surface area contributed by atoms with E-state index in [2.05, 4.69) is 24.3 Å². The molecule has 2 aromatic carbocycles. The lowest BCUT2D eigenvalue weighted by molar-refractivity contribution is -0.384. The second-order valence-corrected chi connectivity index (χ2v) is 5.60. The second kappa shape index (κ2) is 8.76. The molecule has 0 aliphatic heterocycles. The van der Waals surface area contributed by atoms with Gasteiger partial charge in [-0.25, -0.2) is 0 Å². The van der Waals surface area contributed by atoms with Gasteiger partial charge in [0.1, 0.15) is 0 Å². The molecule has 0 spiro atoms. The van der Waals surface area contributed by atoms with Crippen LogP contribution in [-0.2, 0) is 0 Å². The first-order valence-corrected chi connectivity index (χ1v) is 7.93. The lowest BCUT2D eigenvalue weighted by Crippen LogP contribution is -2.16. The third-order valence-corrected chi connectivity index (χ3v) is 3.82. The summed E-state index contributed by atoms with van der Waals surface area (Å²) in [6.07, 6.45) is 0. The van der Waals surface area contributed by atoms with Crippen LogP contribution in [0.3, 0.4) is 0 Å². The molecule has 0 heterocycles. The summed E-state index contributed by atoms with van der Waals surface area (Å²) in [6, 6.07) is 15.3. The van der Waals surface area contributed by atoms with Crippen molar-refractivity contribution in [3.8, 4) is 11.1 Å². The standard InChI is InChI=1S/C12H9N3O4.C6H4.BH3O2/c13-11(16)8-3-1-2-6-4-7(15(18)19)5-9(10(6)8)12(14)17;1-2-5-4-6(5)3-1;2-1-3/h1-5H,(H2,13,16)(H2,14,17);1-4H;1-3H. The molecule has 0 saturated heterocycles. The number of nitrogens with two attached hydrogens (primary N) is 2. The number of nitro benzene ring substituents is 1. The molecule has 2 aromatic rings. The van der Waals surface area contributed by atoms with Crippen molar-refractivity contribution in [2.45, 2.75) is 0 Å². The van der Waals surface area contributed by atoms with Gasteiger partial charge in [-0.2, -0.15) is 0 Å². The van der Waals surface area contributed by atoms with E-state index in [4.69, 9.17) is 21.5 Å². The normalized spacial score (nSPS) is 9.93. The first kappa shape index (κ1) is 20.6. The molecule has 2 aliphatic rings. The van der Waals surface area contributed by atoms with Gasteiger partial charge in [0.15, 0.2) is 0 Å². The van der Waals surface area contributed by atoms with Crippen molar-refractivity contribution < 1.29 is 24.6 Å². The number of nitro groups is 1. The highest BCUT2D eigenvalue weighted by atomic mass is 16.6. The Hall–Kier alpha value is -3.76. The predicted molar refractivity (Wildman–Crippen MR) is 105 cm³/mol. The summed E-state index contributed by atoms with van der Waals surface area (Å²) in [7, 11) is -0.750. The van der Waals surface area contributed by atoms with Gasteiger partial charge in [0.05, 0.1) is 10.5 Å². The average Bonchev–Trinajstić information content (AvgIpc) is 3.25. The Bertz CT molecular complexity index is 1050. The monoisotopic (exact) mass is 381 g/mol. The van der Waals surface area contributed by atoms with Crippen molar-refractivity contribution in [3.05, 3.63) is 75.8 Å². The number of carbonyl (C=O) groups is 2. The molecule has 0 unspecified atom stereocenters. The van der Waals surface area contributed by atoms with Gasteiger partial charge in [0.25, 0.3) is 5.69 Å². The molecule has 6 N–H and O–H groups in total. The topological polar surface area (TPSA) is 170 Å². The summed E-state index contributed by atoms with van der Waals surface area (Å²) < 4.78 is 0. The van der Waals surface area contributed by atoms with Gasteiger partial charge in [0, 0.05) is 23.1 Å². The molecule has 4 rings (SSSR count). The Morgan fingerprint density at radius 2 is 1.43 bits per heavy atom. The highest BCUT2D eigenvalue weighted by molar-refractivity contribution is 6.15. The fourth-order valence-corrected chi connectivity index (χ4v) is 2.59. The molecule has 0 radical (unpaired) electrons. The number of amides is 2. The zero-order valence-electron chi connectivity index (χ0n) is 14.5. The van der Waals surface area contributed by atoms with E-state index in [-0.39, 0.29) is 22.2 Å². The van der Waals surface area contributed by atoms with Crippen LogP contribution in [0.2, 0.25) is 0 Å². The minimum absolute atomic E-state index is 0.0983. The smallest absolute Gasteiger partial charge is 0.430 e. The molecule has 0 saturated carbocycles. The molecular weight excluding hydrogens is 365 g/mol. The second-order valence-electron chi connectivity index (χ2n) is 5.60. The third kappa shape index (κ3) is 4.69. The van der Waals surface area contributed by atoms with Crippen molar-refractivity contribution in [1.82, 2.24) is 0 Å². The predicted octanol–water partition coefficient (Wildman–Crippen LogP) is 0.850. The Labute approximate surface area is 159 Å². The Kier molecular flexibility index (Phi) is 6.43. The van der Waals surface area contributed by atoms with Crippen LogP contribution in [0.5, 0.6) is 0 Å². The number of benzene rings is 3. The van der Waals surface area contributed by atoms with E-state index in [9.17, 15) is 19.7 Å². The van der Waals surface area contributed by atoms with E-state index in [1.165, 1.54) is 29.3 Å². The Morgan fingerprint density at radius 3 is 1.82 bits per heavy atom. The molecule has 2 amide bonds. The lowest BCUT2D eigenvalue weighted by atomic mass is 9.97. The van der Waals surface area contributed by atoms with Crippen LogP contribution in [0, 0.1) is 10.1 Å². The van der Waals surface area contributed by atoms with Gasteiger partial charge in [-0.3, -0.25) is 19.7 Å². The number of fused-ring (bicyclic) bond motifs is 2. The number of primary amides is 2. The van der Waals surface area contributed by atoms with Crippen LogP contribution < -0.4 is 11.5 Å². The van der Waals surface area contributed by atoms with Crippen molar-refractivity contribution in [3.63, 3.8) is 0 Å². The quantitative estimate of drug-likeness (QED) is 0.233. The minimum atomic E-state index is -0.859. The van der Waals surface area contributed by atoms with Crippen LogP contribution in [0.15, 0.2) is 54.6 Å². The average molecular weight is 381 g/mol. The number of hydrogen-bond donors (Lipinski definition) is 4. The van der Waals surface area contributed by atoms with Crippen LogP contribution in [-0.4, -0.2) is 34.5 Å². The van der Waals surface area contributed by atoms with Crippen LogP contribution in [0.25, 0.3) is 21.9 Å². The summed E-state index contributed by atoms with van der Waals surface area (Å²) >= 11 is 0. The van der Waals surface area contributed by atoms with E-state index in [1.54, 1.807) is 6.07 Å². The van der Waals surface area contributed by atoms with Gasteiger partial charge in [-0.1, -0.05) is 30.3 Å². The van der Waals surface area contributed by atoms with Gasteiger partial charge in [-0.15, -0.1) is 0 Å². The fourth-order valence-electron chi connectivity index (χ4n) is 2.59. The van der Waals surface area contributed by atoms with Crippen molar-refractivity contribution in [2.75, 3.05) is 0 Å². The van der Waals surface area contributed by atoms with Crippen molar-refractivity contribution in [2.24, 2.45) is 11.5 Å². The maximum Gasteiger partial charge on any atom is 0.432 e. The van der Waals surface area contributed by atoms with Gasteiger partial charge >= 0.3 is 7.69 Å². The largest absolute Gasteiger partial charge is 0.432 e. The molecule has 28 heavy (non-hydrogen) atoms. The number of hydrogen-bond acceptors (Lipinski definition) is 6.